The number of thioether (sulfide) groups is 2. The summed E-state index contributed by atoms with van der Waals surface area (Å²) in [5, 5.41) is 15.7. The molecule has 0 spiro atoms. The van der Waals surface area contributed by atoms with Crippen LogP contribution in [0.25, 0.3) is 0 Å². The lowest BCUT2D eigenvalue weighted by Gasteiger charge is -2.29. The second-order valence-electron chi connectivity index (χ2n) is 8.10. The van der Waals surface area contributed by atoms with Crippen molar-refractivity contribution in [2.75, 3.05) is 5.01 Å². The maximum absolute atomic E-state index is 5.94. The van der Waals surface area contributed by atoms with Crippen molar-refractivity contribution in [3.8, 4) is 5.75 Å². The molecule has 2 aliphatic heterocycles. The number of aromatic nitrogens is 3. The minimum atomic E-state index is -0.0752. The fourth-order valence-electron chi connectivity index (χ4n) is 3.40. The van der Waals surface area contributed by atoms with Gasteiger partial charge in [-0.3, -0.25) is 5.01 Å². The van der Waals surface area contributed by atoms with Gasteiger partial charge in [0.1, 0.15) is 22.8 Å². The molecule has 1 atom stereocenters. The van der Waals surface area contributed by atoms with E-state index in [4.69, 9.17) is 4.74 Å². The van der Waals surface area contributed by atoms with Crippen LogP contribution in [0.15, 0.2) is 70.2 Å². The third-order valence-corrected chi connectivity index (χ3v) is 7.04. The van der Waals surface area contributed by atoms with Gasteiger partial charge in [0.05, 0.1) is 0 Å². The second-order valence-corrected chi connectivity index (χ2v) is 10.0. The standard InChI is InChI=1S/C22H22N4OS2/c1-22(2,3)20-23-24-21-26(20)25-18(29-21)14-28-19(25)16-9-11-17(12-10-16)27-13-15-7-5-4-6-8-15/h4-12,14,19H,13H2,1-3H3. The first-order valence-corrected chi connectivity index (χ1v) is 11.3. The molecule has 0 saturated carbocycles. The number of hydrogen-bond donors (Lipinski definition) is 0. The number of ether oxygens (including phenoxy) is 1. The van der Waals surface area contributed by atoms with E-state index in [2.05, 4.69) is 82.5 Å². The van der Waals surface area contributed by atoms with Gasteiger partial charge in [-0.15, -0.1) is 10.2 Å². The van der Waals surface area contributed by atoms with Crippen molar-refractivity contribution in [3.05, 3.63) is 82.0 Å². The molecule has 1 aromatic heterocycles. The minimum absolute atomic E-state index is 0.0752. The molecular formula is C22H22N4OS2. The Kier molecular flexibility index (Phi) is 4.59. The van der Waals surface area contributed by atoms with E-state index in [1.807, 2.05) is 30.0 Å². The maximum Gasteiger partial charge on any atom is 0.216 e. The van der Waals surface area contributed by atoms with Gasteiger partial charge < -0.3 is 4.74 Å². The van der Waals surface area contributed by atoms with Crippen molar-refractivity contribution >= 4 is 23.5 Å². The summed E-state index contributed by atoms with van der Waals surface area (Å²) < 4.78 is 8.12. The number of rotatable bonds is 4. The number of fused-ring (bicyclic) bond motifs is 3. The van der Waals surface area contributed by atoms with Crippen molar-refractivity contribution in [2.45, 2.75) is 43.3 Å². The van der Waals surface area contributed by atoms with Gasteiger partial charge in [-0.05, 0) is 35.0 Å². The van der Waals surface area contributed by atoms with Crippen LogP contribution in [0, 0.1) is 0 Å². The number of hydrogen-bond acceptors (Lipinski definition) is 6. The van der Waals surface area contributed by atoms with Crippen molar-refractivity contribution < 1.29 is 4.74 Å². The van der Waals surface area contributed by atoms with Gasteiger partial charge in [-0.1, -0.05) is 75.0 Å². The molecule has 29 heavy (non-hydrogen) atoms. The molecule has 148 valence electrons. The average Bonchev–Trinajstić information content (AvgIpc) is 3.38. The largest absolute Gasteiger partial charge is 0.489 e. The average molecular weight is 423 g/mol. The molecule has 5 nitrogen and oxygen atoms in total. The predicted octanol–water partition coefficient (Wildman–Crippen LogP) is 5.44. The SMILES string of the molecule is CC(C)(C)c1nnc2n1N1C(=CSC1c1ccc(OCc3ccccc3)cc1)S2. The number of nitrogens with zero attached hydrogens (tertiary/aromatic N) is 4. The molecule has 0 bridgehead atoms. The van der Waals surface area contributed by atoms with Crippen LogP contribution in [0.1, 0.15) is 43.1 Å². The van der Waals surface area contributed by atoms with Crippen LogP contribution in [-0.4, -0.2) is 14.9 Å². The van der Waals surface area contributed by atoms with Gasteiger partial charge >= 0.3 is 0 Å². The molecule has 2 aliphatic rings. The van der Waals surface area contributed by atoms with Gasteiger partial charge in [0.2, 0.25) is 5.16 Å². The molecule has 0 N–H and O–H groups in total. The normalized spacial score (nSPS) is 17.8. The quantitative estimate of drug-likeness (QED) is 0.558. The van der Waals surface area contributed by atoms with E-state index < -0.39 is 0 Å². The van der Waals surface area contributed by atoms with Crippen molar-refractivity contribution in [3.63, 3.8) is 0 Å². The Balaban J connectivity index is 1.36. The van der Waals surface area contributed by atoms with E-state index in [9.17, 15) is 0 Å². The highest BCUT2D eigenvalue weighted by Gasteiger charge is 2.41. The molecule has 0 radical (unpaired) electrons. The van der Waals surface area contributed by atoms with Gasteiger partial charge in [0, 0.05) is 10.8 Å². The lowest BCUT2D eigenvalue weighted by Crippen LogP contribution is -2.34. The van der Waals surface area contributed by atoms with Crippen LogP contribution in [0.2, 0.25) is 0 Å². The highest BCUT2D eigenvalue weighted by Crippen LogP contribution is 2.51. The Hall–Kier alpha value is -2.38. The van der Waals surface area contributed by atoms with Gasteiger partial charge in [0.15, 0.2) is 5.82 Å². The van der Waals surface area contributed by atoms with Crippen LogP contribution in [-0.2, 0) is 12.0 Å². The van der Waals surface area contributed by atoms with Gasteiger partial charge in [-0.25, -0.2) is 4.68 Å². The topological polar surface area (TPSA) is 43.2 Å². The lowest BCUT2D eigenvalue weighted by atomic mass is 9.96. The monoisotopic (exact) mass is 422 g/mol. The molecule has 1 unspecified atom stereocenters. The van der Waals surface area contributed by atoms with E-state index in [1.165, 1.54) is 16.2 Å². The third-order valence-electron chi connectivity index (χ3n) is 4.85. The van der Waals surface area contributed by atoms with Crippen LogP contribution in [0.4, 0.5) is 0 Å². The van der Waals surface area contributed by atoms with E-state index in [-0.39, 0.29) is 10.8 Å². The Morgan fingerprint density at radius 3 is 2.48 bits per heavy atom. The third kappa shape index (κ3) is 3.42. The summed E-state index contributed by atoms with van der Waals surface area (Å²) in [6.45, 7) is 7.10. The molecule has 3 heterocycles. The fraction of sp³-hybridized carbons (Fsp3) is 0.273. The van der Waals surface area contributed by atoms with E-state index in [0.29, 0.717) is 6.61 Å². The molecule has 5 rings (SSSR count). The smallest absolute Gasteiger partial charge is 0.216 e. The summed E-state index contributed by atoms with van der Waals surface area (Å²) in [5.74, 6) is 1.86. The summed E-state index contributed by atoms with van der Waals surface area (Å²) in [6, 6.07) is 18.6. The molecule has 2 aromatic carbocycles. The van der Waals surface area contributed by atoms with E-state index in [1.54, 1.807) is 11.8 Å². The number of benzene rings is 2. The van der Waals surface area contributed by atoms with Crippen molar-refractivity contribution in [1.82, 2.24) is 14.9 Å². The fourth-order valence-corrected chi connectivity index (χ4v) is 5.62. The Morgan fingerprint density at radius 2 is 1.76 bits per heavy atom. The zero-order valence-corrected chi connectivity index (χ0v) is 18.2. The summed E-state index contributed by atoms with van der Waals surface area (Å²) in [5.41, 5.74) is 2.32. The van der Waals surface area contributed by atoms with E-state index >= 15 is 0 Å². The first-order chi connectivity index (χ1) is 14.0. The molecule has 0 saturated heterocycles. The molecular weight excluding hydrogens is 400 g/mol. The zero-order chi connectivity index (χ0) is 20.0. The minimum Gasteiger partial charge on any atom is -0.489 e. The Labute approximate surface area is 179 Å². The Morgan fingerprint density at radius 1 is 1.00 bits per heavy atom. The molecule has 7 heteroatoms. The molecule has 3 aromatic rings. The first-order valence-electron chi connectivity index (χ1n) is 9.56. The Bertz CT molecular complexity index is 1050. The highest BCUT2D eigenvalue weighted by molar-refractivity contribution is 8.07. The maximum atomic E-state index is 5.94. The first kappa shape index (κ1) is 18.6. The summed E-state index contributed by atoms with van der Waals surface area (Å²) >= 11 is 3.50. The highest BCUT2D eigenvalue weighted by atomic mass is 32.2. The van der Waals surface area contributed by atoms with E-state index in [0.717, 1.165) is 16.7 Å². The predicted molar refractivity (Wildman–Crippen MR) is 118 cm³/mol. The van der Waals surface area contributed by atoms with Crippen molar-refractivity contribution in [1.29, 1.82) is 0 Å². The zero-order valence-electron chi connectivity index (χ0n) is 16.6. The molecule has 0 fully saturated rings. The summed E-state index contributed by atoms with van der Waals surface area (Å²) in [7, 11) is 0. The van der Waals surface area contributed by atoms with Crippen LogP contribution in [0.5, 0.6) is 5.75 Å². The van der Waals surface area contributed by atoms with Crippen molar-refractivity contribution in [2.24, 2.45) is 0 Å². The van der Waals surface area contributed by atoms with Gasteiger partial charge in [0.25, 0.3) is 0 Å². The van der Waals surface area contributed by atoms with Crippen LogP contribution < -0.4 is 9.75 Å². The van der Waals surface area contributed by atoms with Crippen LogP contribution in [0.3, 0.4) is 0 Å². The van der Waals surface area contributed by atoms with Gasteiger partial charge in [-0.2, -0.15) is 0 Å². The molecule has 0 aliphatic carbocycles. The molecule has 0 amide bonds. The summed E-state index contributed by atoms with van der Waals surface area (Å²) in [4.78, 5) is 0. The second kappa shape index (κ2) is 7.15. The van der Waals surface area contributed by atoms with Crippen LogP contribution >= 0.6 is 23.5 Å². The lowest BCUT2D eigenvalue weighted by molar-refractivity contribution is 0.306. The summed E-state index contributed by atoms with van der Waals surface area (Å²) in [6.07, 6.45) is 0.